The van der Waals surface area contributed by atoms with Gasteiger partial charge in [-0.2, -0.15) is 13.2 Å². The lowest BCUT2D eigenvalue weighted by molar-refractivity contribution is -0.136. The summed E-state index contributed by atoms with van der Waals surface area (Å²) < 4.78 is 58.3. The fourth-order valence-corrected chi connectivity index (χ4v) is 5.89. The number of hydrogen-bond acceptors (Lipinski definition) is 6. The maximum absolute atomic E-state index is 14.2. The summed E-state index contributed by atoms with van der Waals surface area (Å²) >= 11 is 0. The summed E-state index contributed by atoms with van der Waals surface area (Å²) in [6, 6.07) is 8.50. The van der Waals surface area contributed by atoms with Crippen LogP contribution in [0.3, 0.4) is 0 Å². The van der Waals surface area contributed by atoms with Crippen LogP contribution >= 0.6 is 0 Å². The number of ether oxygens (including phenoxy) is 2. The highest BCUT2D eigenvalue weighted by atomic mass is 19.4. The molecule has 0 amide bonds. The normalized spacial score (nSPS) is 21.6. The maximum Gasteiger partial charge on any atom is 0.418 e. The molecule has 0 spiro atoms. The van der Waals surface area contributed by atoms with Crippen molar-refractivity contribution >= 4 is 5.52 Å². The van der Waals surface area contributed by atoms with Gasteiger partial charge in [0.25, 0.3) is 0 Å². The number of benzene rings is 1. The van der Waals surface area contributed by atoms with Gasteiger partial charge in [-0.25, -0.2) is 4.79 Å². The van der Waals surface area contributed by atoms with Gasteiger partial charge < -0.3 is 14.0 Å². The largest absolute Gasteiger partial charge is 0.418 e. The van der Waals surface area contributed by atoms with Crippen LogP contribution in [0.15, 0.2) is 53.8 Å². The van der Waals surface area contributed by atoms with Crippen molar-refractivity contribution in [3.05, 3.63) is 82.1 Å². The molecule has 1 aromatic carbocycles. The monoisotopic (exact) mass is 556 g/mol. The Kier molecular flexibility index (Phi) is 6.59. The van der Waals surface area contributed by atoms with Crippen LogP contribution in [-0.2, 0) is 41.1 Å². The molecular weight excluding hydrogens is 525 g/mol. The molecule has 9 nitrogen and oxygen atoms in total. The van der Waals surface area contributed by atoms with E-state index in [0.717, 1.165) is 21.9 Å². The lowest BCUT2D eigenvalue weighted by Crippen LogP contribution is -2.49. The van der Waals surface area contributed by atoms with E-state index >= 15 is 0 Å². The van der Waals surface area contributed by atoms with Gasteiger partial charge in [-0.05, 0) is 43.2 Å². The Morgan fingerprint density at radius 3 is 2.48 bits per heavy atom. The van der Waals surface area contributed by atoms with Crippen molar-refractivity contribution in [2.24, 2.45) is 7.05 Å². The number of rotatable bonds is 6. The van der Waals surface area contributed by atoms with Crippen molar-refractivity contribution in [2.75, 3.05) is 26.3 Å². The topological polar surface area (TPSA) is 78.8 Å². The zero-order valence-corrected chi connectivity index (χ0v) is 22.6. The van der Waals surface area contributed by atoms with E-state index in [-0.39, 0.29) is 29.7 Å². The molecule has 0 radical (unpaired) electrons. The lowest BCUT2D eigenvalue weighted by atomic mass is 9.75. The first-order valence-electron chi connectivity index (χ1n) is 13.3. The standard InChI is InChI=1S/C28H31F3N6O3/c1-18-10-35(11-19(2)40-18)12-20-7-23(28(29,30)31)24-14-36(26(38)37(24)13-20)22-6-4-5-21(8-22)27(15-39-16-27)9-25-33-32-17-34(25)3/h4-8,13-14,17-19H,9-12,15-16H2,1-3H3/t18-,19-/m1/s1. The second-order valence-electron chi connectivity index (χ2n) is 11.1. The van der Waals surface area contributed by atoms with Gasteiger partial charge in [0.15, 0.2) is 0 Å². The van der Waals surface area contributed by atoms with Crippen LogP contribution in [0.25, 0.3) is 11.2 Å². The number of morpholine rings is 1. The number of aryl methyl sites for hydroxylation is 1. The fourth-order valence-electron chi connectivity index (χ4n) is 5.89. The van der Waals surface area contributed by atoms with Gasteiger partial charge in [0.2, 0.25) is 0 Å². The molecule has 2 saturated heterocycles. The molecule has 40 heavy (non-hydrogen) atoms. The highest BCUT2D eigenvalue weighted by molar-refractivity contribution is 5.58. The highest BCUT2D eigenvalue weighted by Gasteiger charge is 2.42. The molecule has 5 heterocycles. The maximum atomic E-state index is 14.2. The molecule has 0 bridgehead atoms. The fraction of sp³-hybridized carbons (Fsp3) is 0.464. The van der Waals surface area contributed by atoms with Gasteiger partial charge in [0, 0.05) is 50.9 Å². The predicted octanol–water partition coefficient (Wildman–Crippen LogP) is 3.36. The third-order valence-corrected chi connectivity index (χ3v) is 7.83. The Morgan fingerprint density at radius 2 is 1.85 bits per heavy atom. The first kappa shape index (κ1) is 26.7. The van der Waals surface area contributed by atoms with Crippen LogP contribution < -0.4 is 5.69 Å². The molecular formula is C28H31F3N6O3. The Bertz CT molecular complexity index is 1590. The number of imidazole rings is 1. The molecule has 2 aliphatic rings. The molecule has 0 aliphatic carbocycles. The third kappa shape index (κ3) is 4.84. The van der Waals surface area contributed by atoms with E-state index < -0.39 is 17.4 Å². The summed E-state index contributed by atoms with van der Waals surface area (Å²) in [5.41, 5.74) is -0.112. The molecule has 212 valence electrons. The average molecular weight is 557 g/mol. The minimum atomic E-state index is -4.63. The van der Waals surface area contributed by atoms with Crippen molar-refractivity contribution in [2.45, 2.75) is 50.6 Å². The Balaban J connectivity index is 1.39. The zero-order valence-electron chi connectivity index (χ0n) is 22.6. The van der Waals surface area contributed by atoms with E-state index in [2.05, 4.69) is 15.1 Å². The van der Waals surface area contributed by atoms with Crippen molar-refractivity contribution in [3.63, 3.8) is 0 Å². The molecule has 3 aromatic heterocycles. The van der Waals surface area contributed by atoms with Crippen LogP contribution in [0.5, 0.6) is 0 Å². The molecule has 2 aliphatic heterocycles. The third-order valence-electron chi connectivity index (χ3n) is 7.83. The van der Waals surface area contributed by atoms with E-state index in [4.69, 9.17) is 9.47 Å². The summed E-state index contributed by atoms with van der Waals surface area (Å²) in [6.07, 6.45) is 0.342. The zero-order chi connectivity index (χ0) is 28.2. The number of halogens is 3. The molecule has 6 rings (SSSR count). The van der Waals surface area contributed by atoms with Crippen LogP contribution in [0.1, 0.15) is 36.4 Å². The predicted molar refractivity (Wildman–Crippen MR) is 140 cm³/mol. The molecule has 0 unspecified atom stereocenters. The Labute approximate surface area is 228 Å². The number of fused-ring (bicyclic) bond motifs is 1. The molecule has 4 aromatic rings. The summed E-state index contributed by atoms with van der Waals surface area (Å²) in [7, 11) is 1.87. The molecule has 0 N–H and O–H groups in total. The molecule has 12 heteroatoms. The Hall–Kier alpha value is -3.48. The van der Waals surface area contributed by atoms with Gasteiger partial charge in [-0.3, -0.25) is 13.9 Å². The van der Waals surface area contributed by atoms with Crippen molar-refractivity contribution in [3.8, 4) is 5.69 Å². The number of pyridine rings is 1. The Morgan fingerprint density at radius 1 is 1.10 bits per heavy atom. The van der Waals surface area contributed by atoms with E-state index in [0.29, 0.717) is 44.0 Å². The first-order chi connectivity index (χ1) is 19.0. The van der Waals surface area contributed by atoms with Crippen molar-refractivity contribution in [1.82, 2.24) is 28.6 Å². The van der Waals surface area contributed by atoms with Crippen LogP contribution in [0.2, 0.25) is 0 Å². The van der Waals surface area contributed by atoms with E-state index in [9.17, 15) is 18.0 Å². The van der Waals surface area contributed by atoms with Gasteiger partial charge >= 0.3 is 11.9 Å². The van der Waals surface area contributed by atoms with Gasteiger partial charge in [-0.15, -0.1) is 10.2 Å². The van der Waals surface area contributed by atoms with Crippen LogP contribution in [0.4, 0.5) is 13.2 Å². The molecule has 2 atom stereocenters. The summed E-state index contributed by atoms with van der Waals surface area (Å²) in [5, 5.41) is 8.17. The second kappa shape index (κ2) is 9.86. The van der Waals surface area contributed by atoms with Crippen LogP contribution in [0, 0.1) is 0 Å². The highest BCUT2D eigenvalue weighted by Crippen LogP contribution is 2.37. The minimum Gasteiger partial charge on any atom is -0.379 e. The smallest absolute Gasteiger partial charge is 0.379 e. The quantitative estimate of drug-likeness (QED) is 0.363. The van der Waals surface area contributed by atoms with Crippen LogP contribution in [-0.4, -0.2) is 67.1 Å². The van der Waals surface area contributed by atoms with E-state index in [1.54, 1.807) is 12.4 Å². The summed E-state index contributed by atoms with van der Waals surface area (Å²) in [5.74, 6) is 0.798. The number of hydrogen-bond donors (Lipinski definition) is 0. The van der Waals surface area contributed by atoms with Gasteiger partial charge in [0.05, 0.1) is 42.2 Å². The lowest BCUT2D eigenvalue weighted by Gasteiger charge is -2.41. The summed E-state index contributed by atoms with van der Waals surface area (Å²) in [6.45, 7) is 6.32. The van der Waals surface area contributed by atoms with Gasteiger partial charge in [-0.1, -0.05) is 12.1 Å². The molecule has 0 saturated carbocycles. The van der Waals surface area contributed by atoms with Crippen molar-refractivity contribution in [1.29, 1.82) is 0 Å². The SMILES string of the molecule is C[C@@H]1CN(Cc2cc(C(F)(F)F)c3cn(-c4cccc(C5(Cc6nncn6C)COC5)c4)c(=O)n3c2)C[C@@H](C)O1. The first-order valence-corrected chi connectivity index (χ1v) is 13.3. The molecule has 2 fully saturated rings. The number of nitrogens with zero attached hydrogens (tertiary/aromatic N) is 6. The number of aromatic nitrogens is 5. The van der Waals surface area contributed by atoms with E-state index in [1.807, 2.05) is 43.7 Å². The van der Waals surface area contributed by atoms with Crippen molar-refractivity contribution < 1.29 is 22.6 Å². The van der Waals surface area contributed by atoms with E-state index in [1.165, 1.54) is 17.0 Å². The average Bonchev–Trinajstić information content (AvgIpc) is 3.42. The van der Waals surface area contributed by atoms with Gasteiger partial charge in [0.1, 0.15) is 12.2 Å². The minimum absolute atomic E-state index is 0.0244. The number of alkyl halides is 3. The second-order valence-corrected chi connectivity index (χ2v) is 11.1. The summed E-state index contributed by atoms with van der Waals surface area (Å²) in [4.78, 5) is 15.6.